The molecule has 0 aliphatic heterocycles. The van der Waals surface area contributed by atoms with Crippen LogP contribution in [0.15, 0.2) is 36.7 Å². The third kappa shape index (κ3) is 4.17. The molecule has 4 rings (SSSR count). The maximum Gasteiger partial charge on any atom is 0.165 e. The Morgan fingerprint density at radius 3 is 2.97 bits per heavy atom. The Kier molecular flexibility index (Phi) is 6.02. The van der Waals surface area contributed by atoms with E-state index < -0.39 is 0 Å². The Bertz CT molecular complexity index is 1280. The number of nitrogen functional groups attached to an aromatic ring is 1. The predicted octanol–water partition coefficient (Wildman–Crippen LogP) is 3.05. The molecule has 3 N–H and O–H groups in total. The van der Waals surface area contributed by atoms with Crippen molar-refractivity contribution < 1.29 is 9.13 Å². The molecule has 0 amide bonds. The van der Waals surface area contributed by atoms with Crippen LogP contribution in [-0.2, 0) is 11.3 Å². The second-order valence-electron chi connectivity index (χ2n) is 7.01. The maximum absolute atomic E-state index is 13.7. The van der Waals surface area contributed by atoms with Gasteiger partial charge in [0.1, 0.15) is 23.3 Å². The summed E-state index contributed by atoms with van der Waals surface area (Å²) in [6, 6.07) is 8.42. The number of anilines is 1. The van der Waals surface area contributed by atoms with Crippen LogP contribution in [0.2, 0.25) is 0 Å². The first-order chi connectivity index (χ1) is 15.1. The monoisotopic (exact) mass is 419 g/mol. The lowest BCUT2D eigenvalue weighted by Gasteiger charge is -2.10. The van der Waals surface area contributed by atoms with Crippen molar-refractivity contribution in [2.24, 2.45) is 0 Å². The number of nitrogens with two attached hydrogens (primary N) is 1. The van der Waals surface area contributed by atoms with E-state index in [-0.39, 0.29) is 17.2 Å². The highest BCUT2D eigenvalue weighted by Crippen LogP contribution is 2.28. The van der Waals surface area contributed by atoms with Crippen LogP contribution in [0.25, 0.3) is 27.7 Å². The molecule has 158 valence electrons. The molecule has 3 aromatic heterocycles. The molecule has 1 aromatic carbocycles. The summed E-state index contributed by atoms with van der Waals surface area (Å²) in [6.45, 7) is 4.43. The van der Waals surface area contributed by atoms with Gasteiger partial charge >= 0.3 is 0 Å². The SMILES string of the molecule is CCOCCCNCc1nc2c(-c3cnc4ccc(F)cc4c3)cnn2c(N)c1C#N. The molecule has 0 saturated heterocycles. The van der Waals surface area contributed by atoms with E-state index in [1.807, 2.05) is 13.0 Å². The minimum absolute atomic E-state index is 0.227. The van der Waals surface area contributed by atoms with Crippen molar-refractivity contribution in [3.63, 3.8) is 0 Å². The fourth-order valence-corrected chi connectivity index (χ4v) is 3.42. The first kappa shape index (κ1) is 20.7. The maximum atomic E-state index is 13.7. The van der Waals surface area contributed by atoms with Gasteiger partial charge in [-0.25, -0.2) is 9.37 Å². The second-order valence-corrected chi connectivity index (χ2v) is 7.01. The van der Waals surface area contributed by atoms with Crippen molar-refractivity contribution in [1.29, 1.82) is 5.26 Å². The number of benzene rings is 1. The molecule has 31 heavy (non-hydrogen) atoms. The third-order valence-corrected chi connectivity index (χ3v) is 4.96. The number of nitriles is 1. The molecule has 0 bridgehead atoms. The molecule has 4 aromatic rings. The topological polar surface area (TPSA) is 114 Å². The van der Waals surface area contributed by atoms with Crippen LogP contribution in [0.5, 0.6) is 0 Å². The largest absolute Gasteiger partial charge is 0.382 e. The van der Waals surface area contributed by atoms with Gasteiger partial charge in [-0.3, -0.25) is 4.98 Å². The van der Waals surface area contributed by atoms with Crippen LogP contribution < -0.4 is 11.1 Å². The van der Waals surface area contributed by atoms with Crippen molar-refractivity contribution in [1.82, 2.24) is 24.9 Å². The highest BCUT2D eigenvalue weighted by atomic mass is 19.1. The van der Waals surface area contributed by atoms with Gasteiger partial charge in [-0.15, -0.1) is 0 Å². The van der Waals surface area contributed by atoms with E-state index in [0.29, 0.717) is 47.6 Å². The summed E-state index contributed by atoms with van der Waals surface area (Å²) >= 11 is 0. The van der Waals surface area contributed by atoms with E-state index in [1.54, 1.807) is 18.5 Å². The molecule has 0 aliphatic rings. The van der Waals surface area contributed by atoms with Gasteiger partial charge in [0.25, 0.3) is 0 Å². The average Bonchev–Trinajstić information content (AvgIpc) is 3.20. The van der Waals surface area contributed by atoms with E-state index in [0.717, 1.165) is 18.5 Å². The van der Waals surface area contributed by atoms with Crippen molar-refractivity contribution in [2.45, 2.75) is 19.9 Å². The van der Waals surface area contributed by atoms with Crippen molar-refractivity contribution in [3.8, 4) is 17.2 Å². The summed E-state index contributed by atoms with van der Waals surface area (Å²) in [4.78, 5) is 9.09. The summed E-state index contributed by atoms with van der Waals surface area (Å²) < 4.78 is 20.4. The number of nitrogens with zero attached hydrogens (tertiary/aromatic N) is 5. The van der Waals surface area contributed by atoms with Gasteiger partial charge in [-0.05, 0) is 44.2 Å². The summed E-state index contributed by atoms with van der Waals surface area (Å²) in [6.07, 6.45) is 4.17. The van der Waals surface area contributed by atoms with Gasteiger partial charge < -0.3 is 15.8 Å². The fraction of sp³-hybridized carbons (Fsp3) is 0.273. The molecule has 8 nitrogen and oxygen atoms in total. The number of nitrogens with one attached hydrogen (secondary N) is 1. The number of rotatable bonds is 8. The van der Waals surface area contributed by atoms with E-state index in [9.17, 15) is 9.65 Å². The number of halogens is 1. The van der Waals surface area contributed by atoms with Crippen LogP contribution >= 0.6 is 0 Å². The molecule has 0 radical (unpaired) electrons. The third-order valence-electron chi connectivity index (χ3n) is 4.96. The molecule has 3 heterocycles. The quantitative estimate of drug-likeness (QED) is 0.422. The lowest BCUT2D eigenvalue weighted by atomic mass is 10.1. The van der Waals surface area contributed by atoms with Crippen LogP contribution in [0.3, 0.4) is 0 Å². The molecular formula is C22H22FN7O. The predicted molar refractivity (Wildman–Crippen MR) is 116 cm³/mol. The Balaban J connectivity index is 1.69. The van der Waals surface area contributed by atoms with Gasteiger partial charge in [0.05, 0.1) is 17.4 Å². The molecule has 0 atom stereocenters. The summed E-state index contributed by atoms with van der Waals surface area (Å²) in [5.74, 6) is -0.102. The Hall–Kier alpha value is -3.61. The number of aromatic nitrogens is 4. The zero-order valence-electron chi connectivity index (χ0n) is 17.1. The normalized spacial score (nSPS) is 11.3. The van der Waals surface area contributed by atoms with Gasteiger partial charge in [0.15, 0.2) is 5.65 Å². The lowest BCUT2D eigenvalue weighted by Crippen LogP contribution is -2.19. The standard InChI is InChI=1S/C22H22FN7O/c1-2-31-7-3-6-26-13-20-17(10-24)21(25)30-22(29-20)18(12-28-30)15-8-14-9-16(23)4-5-19(14)27-11-15/h4-5,8-9,11-12,26H,2-3,6-7,13,25H2,1H3. The van der Waals surface area contributed by atoms with Crippen LogP contribution in [-0.4, -0.2) is 39.3 Å². The van der Waals surface area contributed by atoms with E-state index in [4.69, 9.17) is 10.5 Å². The molecular weight excluding hydrogens is 397 g/mol. The summed E-state index contributed by atoms with van der Waals surface area (Å²) in [5, 5.41) is 17.9. The molecule has 0 aliphatic carbocycles. The van der Waals surface area contributed by atoms with Crippen LogP contribution in [0.1, 0.15) is 24.6 Å². The number of ether oxygens (including phenoxy) is 1. The minimum atomic E-state index is -0.329. The summed E-state index contributed by atoms with van der Waals surface area (Å²) in [5.41, 5.74) is 9.71. The molecule has 0 unspecified atom stereocenters. The van der Waals surface area contributed by atoms with Crippen LogP contribution in [0, 0.1) is 17.1 Å². The zero-order valence-corrected chi connectivity index (χ0v) is 17.1. The Labute approximate surface area is 178 Å². The highest BCUT2D eigenvalue weighted by molar-refractivity contribution is 5.87. The van der Waals surface area contributed by atoms with Crippen molar-refractivity contribution in [2.75, 3.05) is 25.5 Å². The second kappa shape index (κ2) is 9.04. The van der Waals surface area contributed by atoms with Gasteiger partial charge in [0.2, 0.25) is 0 Å². The van der Waals surface area contributed by atoms with E-state index in [1.165, 1.54) is 16.6 Å². The first-order valence-corrected chi connectivity index (χ1v) is 10.0. The van der Waals surface area contributed by atoms with Gasteiger partial charge in [-0.2, -0.15) is 14.9 Å². The number of hydrogen-bond donors (Lipinski definition) is 2. The minimum Gasteiger partial charge on any atom is -0.382 e. The zero-order chi connectivity index (χ0) is 21.8. The number of fused-ring (bicyclic) bond motifs is 2. The van der Waals surface area contributed by atoms with E-state index in [2.05, 4.69) is 26.5 Å². The number of pyridine rings is 1. The number of hydrogen-bond acceptors (Lipinski definition) is 7. The molecule has 9 heteroatoms. The molecule has 0 fully saturated rings. The fourth-order valence-electron chi connectivity index (χ4n) is 3.42. The van der Waals surface area contributed by atoms with E-state index >= 15 is 0 Å². The van der Waals surface area contributed by atoms with Crippen molar-refractivity contribution in [3.05, 3.63) is 53.7 Å². The molecule has 0 spiro atoms. The van der Waals surface area contributed by atoms with Gasteiger partial charge in [0, 0.05) is 42.5 Å². The van der Waals surface area contributed by atoms with Crippen molar-refractivity contribution >= 4 is 22.4 Å². The summed E-state index contributed by atoms with van der Waals surface area (Å²) in [7, 11) is 0. The molecule has 0 saturated carbocycles. The Morgan fingerprint density at radius 1 is 1.29 bits per heavy atom. The van der Waals surface area contributed by atoms with Gasteiger partial charge in [-0.1, -0.05) is 0 Å². The first-order valence-electron chi connectivity index (χ1n) is 10.0. The lowest BCUT2D eigenvalue weighted by molar-refractivity contribution is 0.144. The highest BCUT2D eigenvalue weighted by Gasteiger charge is 2.18. The average molecular weight is 419 g/mol. The Morgan fingerprint density at radius 2 is 2.16 bits per heavy atom. The smallest absolute Gasteiger partial charge is 0.165 e. The van der Waals surface area contributed by atoms with Crippen LogP contribution in [0.4, 0.5) is 10.2 Å².